The van der Waals surface area contributed by atoms with Crippen LogP contribution in [-0.4, -0.2) is 50.4 Å². The molecule has 0 bridgehead atoms. The van der Waals surface area contributed by atoms with Crippen LogP contribution in [0.4, 0.5) is 0 Å². The zero-order valence-corrected chi connectivity index (χ0v) is 13.0. The molecule has 21 heavy (non-hydrogen) atoms. The average molecular weight is 297 g/mol. The maximum atomic E-state index is 10.9. The molecule has 0 aliphatic carbocycles. The molecule has 0 aliphatic heterocycles. The lowest BCUT2D eigenvalue weighted by Gasteiger charge is -2.22. The van der Waals surface area contributed by atoms with E-state index in [4.69, 9.17) is 19.3 Å². The highest BCUT2D eigenvalue weighted by Crippen LogP contribution is 2.35. The molecule has 6 heteroatoms. The van der Waals surface area contributed by atoms with Gasteiger partial charge in [0.1, 0.15) is 5.75 Å². The van der Waals surface area contributed by atoms with Gasteiger partial charge in [-0.15, -0.1) is 0 Å². The van der Waals surface area contributed by atoms with Crippen molar-refractivity contribution in [2.45, 2.75) is 19.9 Å². The SMILES string of the molecule is CCCN(CC(=O)O)Cc1cc(OC)c(OC)cc1OC. The summed E-state index contributed by atoms with van der Waals surface area (Å²) in [5.74, 6) is 0.987. The summed E-state index contributed by atoms with van der Waals surface area (Å²) >= 11 is 0. The van der Waals surface area contributed by atoms with Crippen LogP contribution in [0.3, 0.4) is 0 Å². The van der Waals surface area contributed by atoms with Gasteiger partial charge in [0.15, 0.2) is 11.5 Å². The van der Waals surface area contributed by atoms with E-state index in [0.29, 0.717) is 30.3 Å². The highest BCUT2D eigenvalue weighted by molar-refractivity contribution is 5.69. The predicted molar refractivity (Wildman–Crippen MR) is 79.3 cm³/mol. The number of carboxylic acid groups (broad SMARTS) is 1. The summed E-state index contributed by atoms with van der Waals surface area (Å²) < 4.78 is 15.9. The van der Waals surface area contributed by atoms with Crippen molar-refractivity contribution in [1.29, 1.82) is 0 Å². The first-order valence-corrected chi connectivity index (χ1v) is 6.78. The van der Waals surface area contributed by atoms with Gasteiger partial charge < -0.3 is 19.3 Å². The second-order valence-electron chi connectivity index (χ2n) is 4.62. The van der Waals surface area contributed by atoms with Gasteiger partial charge in [-0.05, 0) is 19.0 Å². The summed E-state index contributed by atoms with van der Waals surface area (Å²) in [5.41, 5.74) is 0.866. The van der Waals surface area contributed by atoms with Crippen LogP contribution in [0.25, 0.3) is 0 Å². The molecule has 1 aromatic rings. The Morgan fingerprint density at radius 1 is 1.10 bits per heavy atom. The number of carboxylic acids is 1. The number of rotatable bonds is 9. The zero-order valence-electron chi connectivity index (χ0n) is 13.0. The molecule has 0 amide bonds. The molecule has 0 aromatic heterocycles. The third-order valence-electron chi connectivity index (χ3n) is 3.08. The van der Waals surface area contributed by atoms with E-state index in [1.165, 1.54) is 0 Å². The van der Waals surface area contributed by atoms with Gasteiger partial charge in [0, 0.05) is 18.2 Å². The number of benzene rings is 1. The fourth-order valence-corrected chi connectivity index (χ4v) is 2.18. The number of carbonyl (C=O) groups is 1. The summed E-state index contributed by atoms with van der Waals surface area (Å²) in [6.07, 6.45) is 0.878. The fourth-order valence-electron chi connectivity index (χ4n) is 2.18. The number of ether oxygens (including phenoxy) is 3. The van der Waals surface area contributed by atoms with Crippen LogP contribution in [0.1, 0.15) is 18.9 Å². The van der Waals surface area contributed by atoms with Crippen LogP contribution in [0.15, 0.2) is 12.1 Å². The minimum atomic E-state index is -0.845. The van der Waals surface area contributed by atoms with Crippen molar-refractivity contribution in [2.24, 2.45) is 0 Å². The van der Waals surface area contributed by atoms with Gasteiger partial charge in [0.25, 0.3) is 0 Å². The summed E-state index contributed by atoms with van der Waals surface area (Å²) in [4.78, 5) is 12.8. The van der Waals surface area contributed by atoms with Gasteiger partial charge in [-0.25, -0.2) is 0 Å². The monoisotopic (exact) mass is 297 g/mol. The smallest absolute Gasteiger partial charge is 0.317 e. The fraction of sp³-hybridized carbons (Fsp3) is 0.533. The van der Waals surface area contributed by atoms with Crippen LogP contribution >= 0.6 is 0 Å². The quantitative estimate of drug-likeness (QED) is 0.752. The lowest BCUT2D eigenvalue weighted by molar-refractivity contribution is -0.138. The maximum absolute atomic E-state index is 10.9. The molecule has 6 nitrogen and oxygen atoms in total. The Morgan fingerprint density at radius 2 is 1.67 bits per heavy atom. The first-order chi connectivity index (χ1) is 10.0. The molecule has 0 fully saturated rings. The highest BCUT2D eigenvalue weighted by atomic mass is 16.5. The van der Waals surface area contributed by atoms with Crippen LogP contribution in [0, 0.1) is 0 Å². The molecule has 0 unspecified atom stereocenters. The molecule has 0 aliphatic rings. The van der Waals surface area contributed by atoms with E-state index < -0.39 is 5.97 Å². The molecule has 0 heterocycles. The van der Waals surface area contributed by atoms with E-state index in [0.717, 1.165) is 12.0 Å². The topological polar surface area (TPSA) is 68.2 Å². The summed E-state index contributed by atoms with van der Waals surface area (Å²) in [6, 6.07) is 3.57. The molecule has 1 aromatic carbocycles. The number of hydrogen-bond acceptors (Lipinski definition) is 5. The van der Waals surface area contributed by atoms with Gasteiger partial charge >= 0.3 is 5.97 Å². The van der Waals surface area contributed by atoms with E-state index in [-0.39, 0.29) is 6.54 Å². The summed E-state index contributed by atoms with van der Waals surface area (Å²) in [5, 5.41) is 8.98. The molecule has 0 radical (unpaired) electrons. The largest absolute Gasteiger partial charge is 0.496 e. The van der Waals surface area contributed by atoms with Crippen LogP contribution in [0.2, 0.25) is 0 Å². The highest BCUT2D eigenvalue weighted by Gasteiger charge is 2.16. The van der Waals surface area contributed by atoms with Crippen molar-refractivity contribution in [3.05, 3.63) is 17.7 Å². The van der Waals surface area contributed by atoms with Crippen molar-refractivity contribution in [1.82, 2.24) is 4.90 Å². The van der Waals surface area contributed by atoms with Crippen molar-refractivity contribution in [3.63, 3.8) is 0 Å². The van der Waals surface area contributed by atoms with Crippen molar-refractivity contribution < 1.29 is 24.1 Å². The predicted octanol–water partition coefficient (Wildman–Crippen LogP) is 2.01. The third kappa shape index (κ3) is 4.82. The molecule has 0 saturated carbocycles. The van der Waals surface area contributed by atoms with Crippen LogP contribution in [-0.2, 0) is 11.3 Å². The second-order valence-corrected chi connectivity index (χ2v) is 4.62. The molecule has 1 N–H and O–H groups in total. The molecular formula is C15H23NO5. The molecule has 1 rings (SSSR count). The zero-order chi connectivity index (χ0) is 15.8. The normalized spacial score (nSPS) is 10.5. The Bertz CT molecular complexity index is 475. The lowest BCUT2D eigenvalue weighted by atomic mass is 10.1. The molecule has 0 spiro atoms. The van der Waals surface area contributed by atoms with Crippen LogP contribution in [0.5, 0.6) is 17.2 Å². The maximum Gasteiger partial charge on any atom is 0.317 e. The molecular weight excluding hydrogens is 274 g/mol. The molecule has 0 atom stereocenters. The van der Waals surface area contributed by atoms with Crippen molar-refractivity contribution in [2.75, 3.05) is 34.4 Å². The Hall–Kier alpha value is -1.95. The number of hydrogen-bond donors (Lipinski definition) is 1. The molecule has 0 saturated heterocycles. The van der Waals surface area contributed by atoms with Crippen molar-refractivity contribution >= 4 is 5.97 Å². The minimum absolute atomic E-state index is 0.00859. The number of nitrogens with zero attached hydrogens (tertiary/aromatic N) is 1. The first kappa shape index (κ1) is 17.1. The van der Waals surface area contributed by atoms with Gasteiger partial charge in [-0.1, -0.05) is 6.92 Å². The van der Waals surface area contributed by atoms with Crippen LogP contribution < -0.4 is 14.2 Å². The Balaban J connectivity index is 3.05. The Kier molecular flexibility index (Phi) is 6.81. The van der Waals surface area contributed by atoms with Crippen molar-refractivity contribution in [3.8, 4) is 17.2 Å². The van der Waals surface area contributed by atoms with Gasteiger partial charge in [-0.3, -0.25) is 9.69 Å². The lowest BCUT2D eigenvalue weighted by Crippen LogP contribution is -2.30. The number of methoxy groups -OCH3 is 3. The average Bonchev–Trinajstić information content (AvgIpc) is 2.46. The minimum Gasteiger partial charge on any atom is -0.496 e. The first-order valence-electron chi connectivity index (χ1n) is 6.78. The summed E-state index contributed by atoms with van der Waals surface area (Å²) in [7, 11) is 4.70. The van der Waals surface area contributed by atoms with Gasteiger partial charge in [0.05, 0.1) is 27.9 Å². The standard InChI is InChI=1S/C15H23NO5/c1-5-6-16(10-15(17)18)9-11-7-13(20-3)14(21-4)8-12(11)19-2/h7-8H,5-6,9-10H2,1-4H3,(H,17,18). The van der Waals surface area contributed by atoms with Gasteiger partial charge in [-0.2, -0.15) is 0 Å². The Labute approximate surface area is 125 Å². The summed E-state index contributed by atoms with van der Waals surface area (Å²) in [6.45, 7) is 3.18. The molecule has 118 valence electrons. The van der Waals surface area contributed by atoms with E-state index in [1.54, 1.807) is 27.4 Å². The van der Waals surface area contributed by atoms with E-state index in [1.807, 2.05) is 17.9 Å². The third-order valence-corrected chi connectivity index (χ3v) is 3.08. The van der Waals surface area contributed by atoms with E-state index in [9.17, 15) is 4.79 Å². The van der Waals surface area contributed by atoms with Gasteiger partial charge in [0.2, 0.25) is 0 Å². The van der Waals surface area contributed by atoms with E-state index >= 15 is 0 Å². The second kappa shape index (κ2) is 8.36. The number of aliphatic carboxylic acids is 1. The Morgan fingerprint density at radius 3 is 2.14 bits per heavy atom. The van der Waals surface area contributed by atoms with E-state index in [2.05, 4.69) is 0 Å².